The zero-order valence-corrected chi connectivity index (χ0v) is 14.8. The van der Waals surface area contributed by atoms with Crippen LogP contribution in [0.15, 0.2) is 29.2 Å². The fourth-order valence-corrected chi connectivity index (χ4v) is 3.51. The molecule has 0 aliphatic carbocycles. The maximum Gasteiger partial charge on any atom is 0.175 e. The number of aliphatic hydroxyl groups is 1. The van der Waals surface area contributed by atoms with Crippen LogP contribution in [0.4, 0.5) is 0 Å². The van der Waals surface area contributed by atoms with Crippen molar-refractivity contribution in [3.8, 4) is 0 Å². The number of benzene rings is 1. The highest BCUT2D eigenvalue weighted by molar-refractivity contribution is 7.90. The van der Waals surface area contributed by atoms with E-state index in [0.717, 1.165) is 5.56 Å². The van der Waals surface area contributed by atoms with E-state index in [9.17, 15) is 13.5 Å². The summed E-state index contributed by atoms with van der Waals surface area (Å²) in [4.78, 5) is 2.47. The second kappa shape index (κ2) is 7.27. The first-order valence-corrected chi connectivity index (χ1v) is 9.59. The predicted molar refractivity (Wildman–Crippen MR) is 89.1 cm³/mol. The molecule has 23 heavy (non-hydrogen) atoms. The predicted octanol–water partition coefficient (Wildman–Crippen LogP) is 0.261. The number of aliphatic hydroxyl groups excluding tert-OH is 1. The number of hydrogen-bond donors (Lipinski definition) is 2. The molecule has 2 atom stereocenters. The molecule has 0 aromatic heterocycles. The van der Waals surface area contributed by atoms with Gasteiger partial charge in [-0.15, -0.1) is 0 Å². The standard InChI is InChI=1S/C16H26N2O4S/c1-13-9-22-12-16(11-19,18(13)2)10-17-8-14-5-4-6-15(7-14)23(3,20)21/h4-7,13,17,19H,8-12H2,1-3H3/t13-,16+/m1/s1. The van der Waals surface area contributed by atoms with Crippen molar-refractivity contribution in [3.63, 3.8) is 0 Å². The average molecular weight is 342 g/mol. The first kappa shape index (κ1) is 18.4. The molecule has 1 fully saturated rings. The minimum absolute atomic E-state index is 0.00419. The monoisotopic (exact) mass is 342 g/mol. The largest absolute Gasteiger partial charge is 0.394 e. The van der Waals surface area contributed by atoms with Crippen molar-refractivity contribution in [2.24, 2.45) is 0 Å². The van der Waals surface area contributed by atoms with Gasteiger partial charge in [-0.1, -0.05) is 12.1 Å². The van der Waals surface area contributed by atoms with Gasteiger partial charge in [-0.05, 0) is 31.7 Å². The molecule has 1 aliphatic rings. The first-order chi connectivity index (χ1) is 10.8. The van der Waals surface area contributed by atoms with Crippen LogP contribution < -0.4 is 5.32 Å². The van der Waals surface area contributed by atoms with Crippen molar-refractivity contribution in [1.82, 2.24) is 10.2 Å². The van der Waals surface area contributed by atoms with Crippen molar-refractivity contribution in [2.75, 3.05) is 39.7 Å². The Bertz CT molecular complexity index is 635. The SMILES string of the molecule is C[C@@H]1COC[C@@](CO)(CNCc2cccc(S(C)(=O)=O)c2)N1C. The molecule has 0 spiro atoms. The number of morpholine rings is 1. The summed E-state index contributed by atoms with van der Waals surface area (Å²) < 4.78 is 28.8. The molecule has 2 N–H and O–H groups in total. The summed E-state index contributed by atoms with van der Waals surface area (Å²) in [6.07, 6.45) is 1.20. The lowest BCUT2D eigenvalue weighted by molar-refractivity contribution is -0.106. The normalized spacial score (nSPS) is 26.3. The molecule has 130 valence electrons. The fraction of sp³-hybridized carbons (Fsp3) is 0.625. The van der Waals surface area contributed by atoms with Gasteiger partial charge >= 0.3 is 0 Å². The highest BCUT2D eigenvalue weighted by atomic mass is 32.2. The van der Waals surface area contributed by atoms with Crippen LogP contribution >= 0.6 is 0 Å². The van der Waals surface area contributed by atoms with Crippen LogP contribution in [0.5, 0.6) is 0 Å². The Morgan fingerprint density at radius 1 is 1.48 bits per heavy atom. The highest BCUT2D eigenvalue weighted by Crippen LogP contribution is 2.21. The Morgan fingerprint density at radius 2 is 2.22 bits per heavy atom. The van der Waals surface area contributed by atoms with E-state index >= 15 is 0 Å². The Morgan fingerprint density at radius 3 is 2.87 bits per heavy atom. The van der Waals surface area contributed by atoms with E-state index < -0.39 is 15.4 Å². The van der Waals surface area contributed by atoms with E-state index in [1.54, 1.807) is 18.2 Å². The molecule has 0 bridgehead atoms. The molecule has 0 radical (unpaired) electrons. The van der Waals surface area contributed by atoms with E-state index in [1.165, 1.54) is 6.26 Å². The lowest BCUT2D eigenvalue weighted by atomic mass is 9.96. The number of likely N-dealkylation sites (N-methyl/N-ethyl adjacent to an activating group) is 1. The minimum Gasteiger partial charge on any atom is -0.394 e. The lowest BCUT2D eigenvalue weighted by Crippen LogP contribution is -2.65. The number of rotatable bonds is 6. The molecular weight excluding hydrogens is 316 g/mol. The molecule has 0 saturated carbocycles. The molecule has 2 rings (SSSR count). The fourth-order valence-electron chi connectivity index (χ4n) is 2.82. The Hall–Kier alpha value is -0.990. The van der Waals surface area contributed by atoms with Crippen LogP contribution in [0.3, 0.4) is 0 Å². The first-order valence-electron chi connectivity index (χ1n) is 7.70. The molecule has 1 aromatic carbocycles. The third-order valence-electron chi connectivity index (χ3n) is 4.54. The minimum atomic E-state index is -3.20. The maximum atomic E-state index is 11.6. The Kier molecular flexibility index (Phi) is 5.80. The summed E-state index contributed by atoms with van der Waals surface area (Å²) in [5.41, 5.74) is 0.444. The molecule has 6 nitrogen and oxygen atoms in total. The number of hydrogen-bond acceptors (Lipinski definition) is 6. The number of nitrogens with one attached hydrogen (secondary N) is 1. The van der Waals surface area contributed by atoms with Crippen LogP contribution in [0.1, 0.15) is 12.5 Å². The smallest absolute Gasteiger partial charge is 0.175 e. The second-order valence-electron chi connectivity index (χ2n) is 6.38. The average Bonchev–Trinajstić information content (AvgIpc) is 2.51. The van der Waals surface area contributed by atoms with Crippen molar-refractivity contribution in [2.45, 2.75) is 29.9 Å². The highest BCUT2D eigenvalue weighted by Gasteiger charge is 2.39. The number of sulfone groups is 1. The molecule has 0 amide bonds. The summed E-state index contributed by atoms with van der Waals surface area (Å²) in [6.45, 7) is 4.31. The third kappa shape index (κ3) is 4.30. The van der Waals surface area contributed by atoms with Crippen molar-refractivity contribution >= 4 is 9.84 Å². The van der Waals surface area contributed by atoms with E-state index in [2.05, 4.69) is 17.1 Å². The zero-order chi connectivity index (χ0) is 17.1. The van der Waals surface area contributed by atoms with Crippen LogP contribution in [0, 0.1) is 0 Å². The van der Waals surface area contributed by atoms with Gasteiger partial charge in [-0.2, -0.15) is 0 Å². The lowest BCUT2D eigenvalue weighted by Gasteiger charge is -2.47. The molecular formula is C16H26N2O4S. The van der Waals surface area contributed by atoms with Gasteiger partial charge < -0.3 is 15.2 Å². The van der Waals surface area contributed by atoms with Gasteiger partial charge in [0.05, 0.1) is 30.3 Å². The Labute approximate surface area is 138 Å². The van der Waals surface area contributed by atoms with Gasteiger partial charge in [0.25, 0.3) is 0 Å². The summed E-state index contributed by atoms with van der Waals surface area (Å²) in [7, 11) is -1.20. The van der Waals surface area contributed by atoms with E-state index in [1.807, 2.05) is 13.1 Å². The van der Waals surface area contributed by atoms with Gasteiger partial charge in [0, 0.05) is 25.4 Å². The van der Waals surface area contributed by atoms with Gasteiger partial charge in [-0.25, -0.2) is 8.42 Å². The molecule has 1 aromatic rings. The van der Waals surface area contributed by atoms with E-state index in [4.69, 9.17) is 4.74 Å². The van der Waals surface area contributed by atoms with E-state index in [-0.39, 0.29) is 12.6 Å². The van der Waals surface area contributed by atoms with Crippen LogP contribution in [0.2, 0.25) is 0 Å². The summed E-state index contributed by atoms with van der Waals surface area (Å²) >= 11 is 0. The van der Waals surface area contributed by atoms with Crippen LogP contribution in [-0.4, -0.2) is 69.7 Å². The van der Waals surface area contributed by atoms with Gasteiger partial charge in [0.15, 0.2) is 9.84 Å². The summed E-state index contributed by atoms with van der Waals surface area (Å²) in [6, 6.07) is 7.14. The summed E-state index contributed by atoms with van der Waals surface area (Å²) in [5, 5.41) is 13.2. The molecule has 1 aliphatic heterocycles. The van der Waals surface area contributed by atoms with Crippen LogP contribution in [0.25, 0.3) is 0 Å². The van der Waals surface area contributed by atoms with Crippen molar-refractivity contribution in [3.05, 3.63) is 29.8 Å². The molecule has 0 unspecified atom stereocenters. The second-order valence-corrected chi connectivity index (χ2v) is 8.40. The van der Waals surface area contributed by atoms with Crippen molar-refractivity contribution < 1.29 is 18.3 Å². The van der Waals surface area contributed by atoms with E-state index in [0.29, 0.717) is 31.2 Å². The van der Waals surface area contributed by atoms with Gasteiger partial charge in [-0.3, -0.25) is 4.90 Å². The van der Waals surface area contributed by atoms with Crippen LogP contribution in [-0.2, 0) is 21.1 Å². The Balaban J connectivity index is 2.01. The molecule has 1 saturated heterocycles. The maximum absolute atomic E-state index is 11.6. The number of ether oxygens (including phenoxy) is 1. The third-order valence-corrected chi connectivity index (χ3v) is 5.65. The van der Waals surface area contributed by atoms with Crippen molar-refractivity contribution in [1.29, 1.82) is 0 Å². The topological polar surface area (TPSA) is 78.9 Å². The summed E-state index contributed by atoms with van der Waals surface area (Å²) in [5.74, 6) is 0. The number of nitrogens with zero attached hydrogens (tertiary/aromatic N) is 1. The molecule has 7 heteroatoms. The zero-order valence-electron chi connectivity index (χ0n) is 13.9. The van der Waals surface area contributed by atoms with Gasteiger partial charge in [0.1, 0.15) is 0 Å². The van der Waals surface area contributed by atoms with Gasteiger partial charge in [0.2, 0.25) is 0 Å². The quantitative estimate of drug-likeness (QED) is 0.772. The molecule has 1 heterocycles.